The second-order valence-electron chi connectivity index (χ2n) is 8.75. The van der Waals surface area contributed by atoms with Crippen LogP contribution in [0.3, 0.4) is 0 Å². The van der Waals surface area contributed by atoms with E-state index >= 15 is 0 Å². The van der Waals surface area contributed by atoms with Crippen LogP contribution in [0.25, 0.3) is 10.8 Å². The Morgan fingerprint density at radius 2 is 1.43 bits per heavy atom. The molecule has 0 atom stereocenters. The number of para-hydroxylation sites is 1. The van der Waals surface area contributed by atoms with Crippen molar-refractivity contribution in [1.29, 1.82) is 0 Å². The monoisotopic (exact) mass is 487 g/mol. The number of aromatic nitrogens is 1. The summed E-state index contributed by atoms with van der Waals surface area (Å²) in [5, 5.41) is 2.08. The molecule has 0 saturated carbocycles. The first-order valence-electron chi connectivity index (χ1n) is 12.0. The smallest absolute Gasteiger partial charge is 0.174 e. The van der Waals surface area contributed by atoms with Gasteiger partial charge in [-0.3, -0.25) is 14.6 Å². The molecule has 0 aliphatic rings. The van der Waals surface area contributed by atoms with Crippen molar-refractivity contribution < 1.29 is 19.1 Å². The molecule has 0 unspecified atom stereocenters. The van der Waals surface area contributed by atoms with Gasteiger partial charge in [-0.25, -0.2) is 0 Å². The standard InChI is InChI=1S/C32H25NO4/c34-28(17-24-12-13-27-21-33-15-14-25(27)16-24)22-36-30-10-5-7-26(20-30)32(35)19-23-6-4-11-31(18-23)37-29-8-2-1-3-9-29/h1-16,18,20-21H,17,19,22H2. The molecule has 1 heterocycles. The van der Waals surface area contributed by atoms with Crippen LogP contribution in [0.5, 0.6) is 17.2 Å². The van der Waals surface area contributed by atoms with Crippen molar-refractivity contribution in [3.63, 3.8) is 0 Å². The lowest BCUT2D eigenvalue weighted by Gasteiger charge is -2.09. The first-order chi connectivity index (χ1) is 18.1. The van der Waals surface area contributed by atoms with E-state index in [1.54, 1.807) is 36.7 Å². The maximum absolute atomic E-state index is 13.0. The van der Waals surface area contributed by atoms with Gasteiger partial charge in [0.2, 0.25) is 0 Å². The number of fused-ring (bicyclic) bond motifs is 1. The van der Waals surface area contributed by atoms with Gasteiger partial charge in [0, 0.05) is 36.2 Å². The molecule has 0 bridgehead atoms. The molecule has 0 radical (unpaired) electrons. The second kappa shape index (κ2) is 11.3. The Morgan fingerprint density at radius 1 is 0.649 bits per heavy atom. The molecule has 0 aliphatic heterocycles. The predicted octanol–water partition coefficient (Wildman–Crippen LogP) is 6.64. The topological polar surface area (TPSA) is 65.5 Å². The highest BCUT2D eigenvalue weighted by atomic mass is 16.5. The van der Waals surface area contributed by atoms with Crippen LogP contribution in [0.1, 0.15) is 21.5 Å². The number of Topliss-reactive ketones (excluding diaryl/α,β-unsaturated/α-hetero) is 2. The first kappa shape index (κ1) is 23.9. The maximum atomic E-state index is 13.0. The van der Waals surface area contributed by atoms with E-state index in [9.17, 15) is 9.59 Å². The van der Waals surface area contributed by atoms with Crippen molar-refractivity contribution in [1.82, 2.24) is 4.98 Å². The Balaban J connectivity index is 1.17. The molecule has 1 aromatic heterocycles. The van der Waals surface area contributed by atoms with Crippen LogP contribution in [0.15, 0.2) is 116 Å². The Labute approximate surface area is 215 Å². The maximum Gasteiger partial charge on any atom is 0.174 e. The van der Waals surface area contributed by atoms with Gasteiger partial charge in [0.05, 0.1) is 0 Å². The number of ketones is 2. The van der Waals surface area contributed by atoms with Crippen LogP contribution in [0.2, 0.25) is 0 Å². The van der Waals surface area contributed by atoms with E-state index in [0.29, 0.717) is 17.1 Å². The third-order valence-corrected chi connectivity index (χ3v) is 5.90. The fourth-order valence-electron chi connectivity index (χ4n) is 4.08. The minimum absolute atomic E-state index is 0.0413. The van der Waals surface area contributed by atoms with Gasteiger partial charge in [0.1, 0.15) is 23.9 Å². The molecule has 0 aliphatic carbocycles. The zero-order valence-electron chi connectivity index (χ0n) is 20.2. The van der Waals surface area contributed by atoms with E-state index in [-0.39, 0.29) is 31.0 Å². The zero-order chi connectivity index (χ0) is 25.5. The average molecular weight is 488 g/mol. The van der Waals surface area contributed by atoms with Crippen LogP contribution >= 0.6 is 0 Å². The molecule has 0 N–H and O–H groups in total. The highest BCUT2D eigenvalue weighted by Crippen LogP contribution is 2.23. The fraction of sp³-hybridized carbons (Fsp3) is 0.0938. The number of nitrogens with zero attached hydrogens (tertiary/aromatic N) is 1. The molecule has 182 valence electrons. The molecule has 37 heavy (non-hydrogen) atoms. The molecule has 0 spiro atoms. The van der Waals surface area contributed by atoms with Gasteiger partial charge in [-0.2, -0.15) is 0 Å². The van der Waals surface area contributed by atoms with E-state index in [2.05, 4.69) is 4.98 Å². The highest BCUT2D eigenvalue weighted by Gasteiger charge is 2.11. The van der Waals surface area contributed by atoms with Crippen molar-refractivity contribution in [2.24, 2.45) is 0 Å². The molecule has 0 amide bonds. The number of carbonyl (C=O) groups is 2. The van der Waals surface area contributed by atoms with Crippen molar-refractivity contribution in [2.45, 2.75) is 12.8 Å². The molecule has 5 nitrogen and oxygen atoms in total. The Kier molecular flexibility index (Phi) is 7.32. The van der Waals surface area contributed by atoms with Gasteiger partial charge in [-0.05, 0) is 59.0 Å². The number of carbonyl (C=O) groups excluding carboxylic acids is 2. The Hall–Kier alpha value is -4.77. The summed E-state index contributed by atoms with van der Waals surface area (Å²) >= 11 is 0. The van der Waals surface area contributed by atoms with Gasteiger partial charge in [-0.15, -0.1) is 0 Å². The number of hydrogen-bond acceptors (Lipinski definition) is 5. The molecule has 0 saturated heterocycles. The van der Waals surface area contributed by atoms with Crippen molar-refractivity contribution in [3.8, 4) is 17.2 Å². The molecule has 0 fully saturated rings. The van der Waals surface area contributed by atoms with Crippen molar-refractivity contribution in [2.75, 3.05) is 6.61 Å². The van der Waals surface area contributed by atoms with Gasteiger partial charge < -0.3 is 9.47 Å². The third kappa shape index (κ3) is 6.47. The van der Waals surface area contributed by atoms with Crippen LogP contribution in [0.4, 0.5) is 0 Å². The van der Waals surface area contributed by atoms with Gasteiger partial charge in [-0.1, -0.05) is 60.7 Å². The van der Waals surface area contributed by atoms with Gasteiger partial charge in [0.25, 0.3) is 0 Å². The summed E-state index contributed by atoms with van der Waals surface area (Å²) in [6, 6.07) is 31.8. The number of ether oxygens (including phenoxy) is 2. The molecule has 4 aromatic carbocycles. The summed E-state index contributed by atoms with van der Waals surface area (Å²) in [5.41, 5.74) is 2.31. The number of pyridine rings is 1. The molecule has 5 aromatic rings. The summed E-state index contributed by atoms with van der Waals surface area (Å²) in [6.07, 6.45) is 4.04. The lowest BCUT2D eigenvalue weighted by Crippen LogP contribution is -2.14. The second-order valence-corrected chi connectivity index (χ2v) is 8.75. The Morgan fingerprint density at radius 3 is 2.32 bits per heavy atom. The van der Waals surface area contributed by atoms with E-state index in [1.807, 2.05) is 78.9 Å². The number of rotatable bonds is 10. The van der Waals surface area contributed by atoms with Crippen LogP contribution in [-0.2, 0) is 17.6 Å². The zero-order valence-corrected chi connectivity index (χ0v) is 20.2. The minimum Gasteiger partial charge on any atom is -0.486 e. The molecule has 5 heteroatoms. The molecular formula is C32H25NO4. The summed E-state index contributed by atoms with van der Waals surface area (Å²) in [7, 11) is 0. The lowest BCUT2D eigenvalue weighted by atomic mass is 10.0. The van der Waals surface area contributed by atoms with Gasteiger partial charge in [0.15, 0.2) is 11.6 Å². The summed E-state index contributed by atoms with van der Waals surface area (Å²) < 4.78 is 11.6. The fourth-order valence-corrected chi connectivity index (χ4v) is 4.08. The molecular weight excluding hydrogens is 462 g/mol. The van der Waals surface area contributed by atoms with Crippen LogP contribution in [-0.4, -0.2) is 23.2 Å². The van der Waals surface area contributed by atoms with Gasteiger partial charge >= 0.3 is 0 Å². The Bertz CT molecular complexity index is 1550. The predicted molar refractivity (Wildman–Crippen MR) is 143 cm³/mol. The van der Waals surface area contributed by atoms with E-state index < -0.39 is 0 Å². The van der Waals surface area contributed by atoms with E-state index in [1.165, 1.54) is 0 Å². The lowest BCUT2D eigenvalue weighted by molar-refractivity contribution is -0.120. The molecule has 5 rings (SSSR count). The summed E-state index contributed by atoms with van der Waals surface area (Å²) in [5.74, 6) is 1.82. The number of benzene rings is 4. The van der Waals surface area contributed by atoms with Crippen molar-refractivity contribution >= 4 is 22.3 Å². The van der Waals surface area contributed by atoms with E-state index in [0.717, 1.165) is 27.6 Å². The quantitative estimate of drug-likeness (QED) is 0.207. The first-order valence-corrected chi connectivity index (χ1v) is 12.0. The summed E-state index contributed by atoms with van der Waals surface area (Å²) in [6.45, 7) is -0.0646. The number of hydrogen-bond donors (Lipinski definition) is 0. The van der Waals surface area contributed by atoms with E-state index in [4.69, 9.17) is 9.47 Å². The third-order valence-electron chi connectivity index (χ3n) is 5.90. The average Bonchev–Trinajstić information content (AvgIpc) is 2.93. The summed E-state index contributed by atoms with van der Waals surface area (Å²) in [4.78, 5) is 29.6. The minimum atomic E-state index is -0.0646. The normalized spacial score (nSPS) is 10.7. The van der Waals surface area contributed by atoms with Crippen molar-refractivity contribution in [3.05, 3.63) is 132 Å². The van der Waals surface area contributed by atoms with Crippen LogP contribution < -0.4 is 9.47 Å². The SMILES string of the molecule is O=C(COc1cccc(C(=O)Cc2cccc(Oc3ccccc3)c2)c1)Cc1ccc2cnccc2c1. The highest BCUT2D eigenvalue weighted by molar-refractivity contribution is 5.98. The largest absolute Gasteiger partial charge is 0.486 e. The van der Waals surface area contributed by atoms with Crippen LogP contribution in [0, 0.1) is 0 Å².